The van der Waals surface area contributed by atoms with Crippen molar-refractivity contribution in [3.05, 3.63) is 34.6 Å². The molecule has 21 heavy (non-hydrogen) atoms. The Morgan fingerprint density at radius 3 is 2.67 bits per heavy atom. The van der Waals surface area contributed by atoms with Crippen molar-refractivity contribution in [2.75, 3.05) is 7.05 Å². The minimum Gasteiger partial charge on any atom is -0.284 e. The highest BCUT2D eigenvalue weighted by Gasteiger charge is 2.38. The minimum atomic E-state index is -3.99. The van der Waals surface area contributed by atoms with Gasteiger partial charge in [0.1, 0.15) is 11.9 Å². The summed E-state index contributed by atoms with van der Waals surface area (Å²) in [6.07, 6.45) is -0.243. The molecule has 0 radical (unpaired) electrons. The Hall–Kier alpha value is -1.51. The number of hydrogen-bond donors (Lipinski definition) is 1. The molecule has 1 aromatic rings. The monoisotopic (exact) mass is 334 g/mol. The van der Waals surface area contributed by atoms with Crippen molar-refractivity contribution in [3.63, 3.8) is 0 Å². The molecule has 1 heterocycles. The van der Waals surface area contributed by atoms with Crippen molar-refractivity contribution in [1.29, 1.82) is 0 Å². The number of nitrogens with one attached hydrogen (secondary N) is 1. The van der Waals surface area contributed by atoms with Gasteiger partial charge in [-0.15, -0.1) is 0 Å². The molecule has 1 fully saturated rings. The van der Waals surface area contributed by atoms with Crippen LogP contribution in [-0.2, 0) is 25.4 Å². The third kappa shape index (κ3) is 3.58. The molecule has 1 aliphatic heterocycles. The zero-order chi connectivity index (χ0) is 15.8. The van der Waals surface area contributed by atoms with E-state index in [9.17, 15) is 22.4 Å². The van der Waals surface area contributed by atoms with E-state index in [0.29, 0.717) is 0 Å². The van der Waals surface area contributed by atoms with Gasteiger partial charge in [0.15, 0.2) is 0 Å². The summed E-state index contributed by atoms with van der Waals surface area (Å²) < 4.78 is 39.6. The molecule has 0 aromatic heterocycles. The van der Waals surface area contributed by atoms with Gasteiger partial charge in [-0.25, -0.2) is 17.5 Å². The predicted molar refractivity (Wildman–Crippen MR) is 73.4 cm³/mol. The highest BCUT2D eigenvalue weighted by molar-refractivity contribution is 7.88. The van der Waals surface area contributed by atoms with Gasteiger partial charge >= 0.3 is 0 Å². The number of carbonyl (C=O) groups is 2. The molecule has 114 valence electrons. The van der Waals surface area contributed by atoms with Crippen LogP contribution in [0.4, 0.5) is 4.39 Å². The topological polar surface area (TPSA) is 83.6 Å². The van der Waals surface area contributed by atoms with Crippen LogP contribution in [0.1, 0.15) is 12.0 Å². The van der Waals surface area contributed by atoms with Gasteiger partial charge in [0.25, 0.3) is 0 Å². The first-order chi connectivity index (χ1) is 9.69. The summed E-state index contributed by atoms with van der Waals surface area (Å²) in [5.41, 5.74) is -0.111. The average Bonchev–Trinajstić information content (AvgIpc) is 2.61. The molecule has 9 heteroatoms. The molecule has 1 aromatic carbocycles. The number of benzene rings is 1. The van der Waals surface area contributed by atoms with E-state index in [1.165, 1.54) is 19.2 Å². The van der Waals surface area contributed by atoms with Gasteiger partial charge in [0.05, 0.1) is 12.2 Å². The Kier molecular flexibility index (Phi) is 4.31. The fourth-order valence-electron chi connectivity index (χ4n) is 1.96. The fourth-order valence-corrected chi connectivity index (χ4v) is 3.49. The summed E-state index contributed by atoms with van der Waals surface area (Å²) in [5.74, 6) is -2.48. The maximum absolute atomic E-state index is 13.5. The second-order valence-corrected chi connectivity index (χ2v) is 6.85. The highest BCUT2D eigenvalue weighted by Crippen LogP contribution is 2.18. The highest BCUT2D eigenvalue weighted by atomic mass is 35.5. The van der Waals surface area contributed by atoms with E-state index < -0.39 is 39.4 Å². The average molecular weight is 335 g/mol. The summed E-state index contributed by atoms with van der Waals surface area (Å²) in [6.45, 7) is 0. The Bertz CT molecular complexity index is 707. The largest absolute Gasteiger partial charge is 0.284 e. The Morgan fingerprint density at radius 1 is 1.43 bits per heavy atom. The molecular weight excluding hydrogens is 323 g/mol. The van der Waals surface area contributed by atoms with Crippen molar-refractivity contribution < 1.29 is 22.4 Å². The minimum absolute atomic E-state index is 0.111. The summed E-state index contributed by atoms with van der Waals surface area (Å²) >= 11 is 5.69. The second-order valence-electron chi connectivity index (χ2n) is 4.66. The normalized spacial score (nSPS) is 19.4. The van der Waals surface area contributed by atoms with Crippen molar-refractivity contribution in [1.82, 2.24) is 9.62 Å². The van der Waals surface area contributed by atoms with Gasteiger partial charge in [0, 0.05) is 17.6 Å². The molecule has 1 unspecified atom stereocenters. The lowest BCUT2D eigenvalue weighted by atomic mass is 10.2. The Morgan fingerprint density at radius 2 is 2.10 bits per heavy atom. The maximum atomic E-state index is 13.5. The summed E-state index contributed by atoms with van der Waals surface area (Å²) in [7, 11) is -2.71. The zero-order valence-electron chi connectivity index (χ0n) is 11.0. The second kappa shape index (κ2) is 5.70. The van der Waals surface area contributed by atoms with Crippen LogP contribution in [0.2, 0.25) is 5.02 Å². The van der Waals surface area contributed by atoms with Crippen LogP contribution in [0.3, 0.4) is 0 Å². The number of amides is 2. The molecule has 1 N–H and O–H groups in total. The smallest absolute Gasteiger partial charge is 0.247 e. The number of nitrogens with zero attached hydrogens (tertiary/aromatic N) is 1. The number of halogens is 2. The van der Waals surface area contributed by atoms with Crippen LogP contribution in [-0.4, -0.2) is 38.2 Å². The van der Waals surface area contributed by atoms with E-state index in [4.69, 9.17) is 11.6 Å². The van der Waals surface area contributed by atoms with Gasteiger partial charge in [-0.2, -0.15) is 0 Å². The number of carbonyl (C=O) groups excluding carboxylic acids is 2. The number of sulfonamides is 1. The van der Waals surface area contributed by atoms with Crippen LogP contribution in [0.5, 0.6) is 0 Å². The maximum Gasteiger partial charge on any atom is 0.247 e. The van der Waals surface area contributed by atoms with Crippen LogP contribution in [0, 0.1) is 5.82 Å². The predicted octanol–water partition coefficient (Wildman–Crippen LogP) is 0.656. The van der Waals surface area contributed by atoms with Crippen LogP contribution < -0.4 is 4.72 Å². The summed E-state index contributed by atoms with van der Waals surface area (Å²) in [5, 5.41) is 0.202. The van der Waals surface area contributed by atoms with E-state index in [-0.39, 0.29) is 17.0 Å². The quantitative estimate of drug-likeness (QED) is 0.820. The van der Waals surface area contributed by atoms with Gasteiger partial charge in [-0.1, -0.05) is 11.6 Å². The first-order valence-electron chi connectivity index (χ1n) is 5.94. The number of rotatable bonds is 4. The lowest BCUT2D eigenvalue weighted by Gasteiger charge is -2.12. The number of likely N-dealkylation sites (N-methyl/N-ethyl adjacent to an activating group) is 1. The van der Waals surface area contributed by atoms with Gasteiger partial charge in [-0.3, -0.25) is 14.5 Å². The molecule has 0 aliphatic carbocycles. The zero-order valence-corrected chi connectivity index (χ0v) is 12.5. The fraction of sp³-hybridized carbons (Fsp3) is 0.333. The molecule has 0 spiro atoms. The first-order valence-corrected chi connectivity index (χ1v) is 7.97. The summed E-state index contributed by atoms with van der Waals surface area (Å²) in [4.78, 5) is 23.8. The van der Waals surface area contributed by atoms with Crippen LogP contribution >= 0.6 is 11.6 Å². The number of likely N-dealkylation sites (tertiary alicyclic amines) is 1. The third-order valence-electron chi connectivity index (χ3n) is 3.06. The number of imide groups is 1. The SMILES string of the molecule is CN1C(=O)CC(NS(=O)(=O)Cc2cc(Cl)ccc2F)C1=O. The first kappa shape index (κ1) is 15.9. The molecule has 1 atom stereocenters. The Labute approximate surface area is 125 Å². The van der Waals surface area contributed by atoms with Crippen molar-refractivity contribution in [3.8, 4) is 0 Å². The van der Waals surface area contributed by atoms with Crippen molar-refractivity contribution in [2.45, 2.75) is 18.2 Å². The van der Waals surface area contributed by atoms with E-state index in [0.717, 1.165) is 11.0 Å². The van der Waals surface area contributed by atoms with E-state index >= 15 is 0 Å². The van der Waals surface area contributed by atoms with Gasteiger partial charge in [-0.05, 0) is 18.2 Å². The van der Waals surface area contributed by atoms with Gasteiger partial charge in [0.2, 0.25) is 21.8 Å². The van der Waals surface area contributed by atoms with E-state index in [1.54, 1.807) is 0 Å². The third-order valence-corrected chi connectivity index (χ3v) is 4.63. The molecule has 1 saturated heterocycles. The van der Waals surface area contributed by atoms with Crippen LogP contribution in [0.25, 0.3) is 0 Å². The van der Waals surface area contributed by atoms with E-state index in [2.05, 4.69) is 4.72 Å². The van der Waals surface area contributed by atoms with Crippen LogP contribution in [0.15, 0.2) is 18.2 Å². The lowest BCUT2D eigenvalue weighted by molar-refractivity contribution is -0.137. The Balaban J connectivity index is 2.15. The van der Waals surface area contributed by atoms with Crippen molar-refractivity contribution >= 4 is 33.4 Å². The molecule has 2 rings (SSSR count). The molecule has 2 amide bonds. The molecule has 0 saturated carbocycles. The van der Waals surface area contributed by atoms with E-state index in [1.807, 2.05) is 0 Å². The molecule has 0 bridgehead atoms. The van der Waals surface area contributed by atoms with Gasteiger partial charge < -0.3 is 0 Å². The number of hydrogen-bond acceptors (Lipinski definition) is 4. The molecule has 1 aliphatic rings. The molecular formula is C12H12ClFN2O4S. The lowest BCUT2D eigenvalue weighted by Crippen LogP contribution is -2.41. The standard InChI is InChI=1S/C12H12ClFN2O4S/c1-16-11(17)5-10(12(16)18)15-21(19,20)6-7-4-8(13)2-3-9(7)14/h2-4,10,15H,5-6H2,1H3. The van der Waals surface area contributed by atoms with Crippen molar-refractivity contribution in [2.24, 2.45) is 0 Å². The molecule has 6 nitrogen and oxygen atoms in total. The summed E-state index contributed by atoms with van der Waals surface area (Å²) in [6, 6.07) is 2.42.